The van der Waals surface area contributed by atoms with Gasteiger partial charge in [0.05, 0.1) is 14.2 Å². The van der Waals surface area contributed by atoms with Gasteiger partial charge >= 0.3 is 0 Å². The van der Waals surface area contributed by atoms with Gasteiger partial charge in [0.25, 0.3) is 5.91 Å². The summed E-state index contributed by atoms with van der Waals surface area (Å²) >= 11 is 0. The molecule has 2 aromatic rings. The van der Waals surface area contributed by atoms with Crippen LogP contribution in [0, 0.1) is 0 Å². The first-order valence-electron chi connectivity index (χ1n) is 9.25. The first-order valence-corrected chi connectivity index (χ1v) is 9.25. The van der Waals surface area contributed by atoms with Gasteiger partial charge in [-0.2, -0.15) is 0 Å². The minimum atomic E-state index is -0.612. The van der Waals surface area contributed by atoms with Gasteiger partial charge in [-0.05, 0) is 18.2 Å². The van der Waals surface area contributed by atoms with E-state index in [1.165, 1.54) is 0 Å². The molecule has 0 bridgehead atoms. The van der Waals surface area contributed by atoms with E-state index in [-0.39, 0.29) is 5.91 Å². The zero-order chi connectivity index (χ0) is 19.6. The Morgan fingerprint density at radius 2 is 1.79 bits per heavy atom. The van der Waals surface area contributed by atoms with Crippen molar-refractivity contribution in [2.75, 3.05) is 27.3 Å². The Labute approximate surface area is 163 Å². The van der Waals surface area contributed by atoms with E-state index in [0.29, 0.717) is 43.0 Å². The highest BCUT2D eigenvalue weighted by Crippen LogP contribution is 2.33. The third-order valence-corrected chi connectivity index (χ3v) is 5.16. The summed E-state index contributed by atoms with van der Waals surface area (Å²) in [4.78, 5) is 25.3. The molecule has 2 aromatic carbocycles. The number of amides is 1. The number of nitrogens with zero attached hydrogens (tertiary/aromatic N) is 2. The Bertz CT molecular complexity index is 890. The molecule has 1 amide bonds. The van der Waals surface area contributed by atoms with Gasteiger partial charge in [-0.15, -0.1) is 0 Å². The predicted octanol–water partition coefficient (Wildman–Crippen LogP) is 2.62. The van der Waals surface area contributed by atoms with Crippen molar-refractivity contribution in [1.29, 1.82) is 0 Å². The first kappa shape index (κ1) is 18.3. The molecule has 0 aliphatic carbocycles. The Morgan fingerprint density at radius 1 is 1.07 bits per heavy atom. The fourth-order valence-electron chi connectivity index (χ4n) is 3.54. The second-order valence-electron chi connectivity index (χ2n) is 6.84. The number of benzene rings is 2. The van der Waals surface area contributed by atoms with Gasteiger partial charge in [0, 0.05) is 37.1 Å². The number of hydroxylamine groups is 1. The van der Waals surface area contributed by atoms with Crippen molar-refractivity contribution in [2.24, 2.45) is 4.99 Å². The van der Waals surface area contributed by atoms with Crippen LogP contribution in [-0.4, -0.2) is 49.7 Å². The maximum Gasteiger partial charge on any atom is 0.253 e. The number of rotatable bonds is 4. The minimum absolute atomic E-state index is 0.0333. The highest BCUT2D eigenvalue weighted by atomic mass is 16.7. The normalized spacial score (nSPS) is 17.8. The van der Waals surface area contributed by atoms with Crippen molar-refractivity contribution in [2.45, 2.75) is 18.6 Å². The minimum Gasteiger partial charge on any atom is -0.493 e. The molecule has 28 heavy (non-hydrogen) atoms. The number of amidine groups is 1. The van der Waals surface area contributed by atoms with Gasteiger partial charge in [0.2, 0.25) is 0 Å². The largest absolute Gasteiger partial charge is 0.493 e. The lowest BCUT2D eigenvalue weighted by Crippen LogP contribution is -2.46. The second-order valence-corrected chi connectivity index (χ2v) is 6.84. The van der Waals surface area contributed by atoms with Gasteiger partial charge in [-0.25, -0.2) is 15.3 Å². The summed E-state index contributed by atoms with van der Waals surface area (Å²) in [5.41, 5.74) is 3.91. The number of carbonyl (C=O) groups is 1. The lowest BCUT2D eigenvalue weighted by Gasteiger charge is -2.35. The highest BCUT2D eigenvalue weighted by Gasteiger charge is 2.41. The van der Waals surface area contributed by atoms with E-state index in [9.17, 15) is 4.79 Å². The van der Waals surface area contributed by atoms with Crippen LogP contribution < -0.4 is 15.0 Å². The maximum absolute atomic E-state index is 12.9. The average molecular weight is 381 g/mol. The third kappa shape index (κ3) is 3.41. The molecule has 1 fully saturated rings. The van der Waals surface area contributed by atoms with Crippen LogP contribution in [0.25, 0.3) is 0 Å². The average Bonchev–Trinajstić information content (AvgIpc) is 3.17. The van der Waals surface area contributed by atoms with Crippen LogP contribution in [0.15, 0.2) is 53.5 Å². The number of likely N-dealkylation sites (tertiary alicyclic amines) is 1. The van der Waals surface area contributed by atoms with Crippen LogP contribution in [0.2, 0.25) is 0 Å². The Balaban J connectivity index is 1.44. The van der Waals surface area contributed by atoms with E-state index in [1.807, 2.05) is 35.2 Å². The van der Waals surface area contributed by atoms with Crippen LogP contribution in [-0.2, 0) is 4.84 Å². The molecule has 4 rings (SSSR count). The number of methoxy groups -OCH3 is 2. The van der Waals surface area contributed by atoms with E-state index in [2.05, 4.69) is 5.48 Å². The van der Waals surface area contributed by atoms with Crippen LogP contribution in [0.4, 0.5) is 0 Å². The summed E-state index contributed by atoms with van der Waals surface area (Å²) < 4.78 is 10.5. The van der Waals surface area contributed by atoms with Crippen LogP contribution >= 0.6 is 0 Å². The SMILES string of the molecule is COc1ccc(C(=O)N2CCC3(CC2)N=C(c2ccccc2)NO3)cc1OC. The summed E-state index contributed by atoms with van der Waals surface area (Å²) in [7, 11) is 3.13. The lowest BCUT2D eigenvalue weighted by molar-refractivity contribution is -0.0849. The number of hydrogen-bond donors (Lipinski definition) is 1. The summed E-state index contributed by atoms with van der Waals surface area (Å²) in [6.07, 6.45) is 1.27. The molecule has 2 aliphatic heterocycles. The maximum atomic E-state index is 12.9. The molecule has 146 valence electrons. The summed E-state index contributed by atoms with van der Waals surface area (Å²) in [5.74, 6) is 1.85. The molecule has 2 aliphatic rings. The fourth-order valence-corrected chi connectivity index (χ4v) is 3.54. The van der Waals surface area contributed by atoms with E-state index >= 15 is 0 Å². The van der Waals surface area contributed by atoms with Crippen molar-refractivity contribution < 1.29 is 19.1 Å². The number of nitrogens with one attached hydrogen (secondary N) is 1. The Hall–Kier alpha value is -3.06. The Morgan fingerprint density at radius 3 is 2.46 bits per heavy atom. The van der Waals surface area contributed by atoms with E-state index < -0.39 is 5.72 Å². The highest BCUT2D eigenvalue weighted by molar-refractivity contribution is 5.99. The molecule has 0 aromatic heterocycles. The molecule has 7 nitrogen and oxygen atoms in total. The Kier molecular flexibility index (Phi) is 4.92. The molecule has 2 heterocycles. The van der Waals surface area contributed by atoms with E-state index in [1.54, 1.807) is 32.4 Å². The zero-order valence-electron chi connectivity index (χ0n) is 16.0. The molecule has 1 N–H and O–H groups in total. The number of piperidine rings is 1. The van der Waals surface area contributed by atoms with Crippen LogP contribution in [0.1, 0.15) is 28.8 Å². The zero-order valence-corrected chi connectivity index (χ0v) is 16.0. The molecule has 0 saturated carbocycles. The molecule has 1 saturated heterocycles. The van der Waals surface area contributed by atoms with Gasteiger partial charge < -0.3 is 14.4 Å². The first-order chi connectivity index (χ1) is 13.6. The van der Waals surface area contributed by atoms with Crippen molar-refractivity contribution in [3.05, 3.63) is 59.7 Å². The molecule has 7 heteroatoms. The van der Waals surface area contributed by atoms with E-state index in [4.69, 9.17) is 19.3 Å². The van der Waals surface area contributed by atoms with Gasteiger partial charge in [0.15, 0.2) is 23.1 Å². The fraction of sp³-hybridized carbons (Fsp3) is 0.333. The number of carbonyl (C=O) groups excluding carboxylic acids is 1. The molecular weight excluding hydrogens is 358 g/mol. The number of ether oxygens (including phenoxy) is 2. The van der Waals surface area contributed by atoms with Crippen molar-refractivity contribution in [3.8, 4) is 11.5 Å². The van der Waals surface area contributed by atoms with Gasteiger partial charge in [-0.1, -0.05) is 30.3 Å². The third-order valence-electron chi connectivity index (χ3n) is 5.16. The van der Waals surface area contributed by atoms with Gasteiger partial charge in [0.1, 0.15) is 0 Å². The monoisotopic (exact) mass is 381 g/mol. The lowest BCUT2D eigenvalue weighted by atomic mass is 10.00. The molecule has 0 unspecified atom stereocenters. The van der Waals surface area contributed by atoms with Gasteiger partial charge in [-0.3, -0.25) is 4.79 Å². The van der Waals surface area contributed by atoms with Crippen LogP contribution in [0.5, 0.6) is 11.5 Å². The van der Waals surface area contributed by atoms with E-state index in [0.717, 1.165) is 11.4 Å². The molecule has 0 radical (unpaired) electrons. The van der Waals surface area contributed by atoms with Crippen molar-refractivity contribution >= 4 is 11.7 Å². The summed E-state index contributed by atoms with van der Waals surface area (Å²) in [5, 5.41) is 0. The second kappa shape index (κ2) is 7.52. The quantitative estimate of drug-likeness (QED) is 0.881. The van der Waals surface area contributed by atoms with Crippen molar-refractivity contribution in [3.63, 3.8) is 0 Å². The summed E-state index contributed by atoms with van der Waals surface area (Å²) in [6.45, 7) is 1.14. The predicted molar refractivity (Wildman–Crippen MR) is 105 cm³/mol. The molecule has 1 spiro atoms. The smallest absolute Gasteiger partial charge is 0.253 e. The standard InChI is InChI=1S/C21H23N3O4/c1-26-17-9-8-16(14-18(17)27-2)20(25)24-12-10-21(11-13-24)22-19(23-28-21)15-6-4-3-5-7-15/h3-9,14H,10-13H2,1-2H3,(H,22,23). The summed E-state index contributed by atoms with van der Waals surface area (Å²) in [6, 6.07) is 15.1. The number of hydrogen-bond acceptors (Lipinski definition) is 6. The number of aliphatic imine (C=N–C) groups is 1. The molecule has 0 atom stereocenters. The molecular formula is C21H23N3O4. The van der Waals surface area contributed by atoms with Crippen molar-refractivity contribution in [1.82, 2.24) is 10.4 Å². The topological polar surface area (TPSA) is 72.4 Å². The van der Waals surface area contributed by atoms with Crippen LogP contribution in [0.3, 0.4) is 0 Å².